The number of benzene rings is 2. The Morgan fingerprint density at radius 3 is 2.57 bits per heavy atom. The molecule has 0 amide bonds. The van der Waals surface area contributed by atoms with Crippen LogP contribution in [0, 0.1) is 0 Å². The van der Waals surface area contributed by atoms with Gasteiger partial charge in [0, 0.05) is 10.8 Å². The lowest BCUT2D eigenvalue weighted by Gasteiger charge is -2.13. The molecule has 0 bridgehead atoms. The van der Waals surface area contributed by atoms with Crippen molar-refractivity contribution in [1.29, 1.82) is 0 Å². The molecule has 0 fully saturated rings. The lowest BCUT2D eigenvalue weighted by molar-refractivity contribution is 0.413. The molecule has 0 aliphatic heterocycles. The van der Waals surface area contributed by atoms with Crippen LogP contribution in [0.1, 0.15) is 0 Å². The first-order valence-electron chi connectivity index (χ1n) is 6.44. The number of thiocarbonyl (C=S) groups is 1. The van der Waals surface area contributed by atoms with E-state index in [2.05, 4.69) is 10.3 Å². The van der Waals surface area contributed by atoms with E-state index in [1.54, 1.807) is 14.2 Å². The first-order valence-corrected chi connectivity index (χ1v) is 6.85. The third-order valence-electron chi connectivity index (χ3n) is 3.30. The number of hydrogen-bond acceptors (Lipinski definition) is 4. The topological polar surface area (TPSA) is 43.4 Å². The molecule has 0 unspecified atom stereocenters. The molecule has 1 aromatic heterocycles. The summed E-state index contributed by atoms with van der Waals surface area (Å²) in [5.41, 5.74) is 2.65. The number of ether oxygens (including phenoxy) is 2. The van der Waals surface area contributed by atoms with Gasteiger partial charge in [-0.05, 0) is 36.5 Å². The summed E-state index contributed by atoms with van der Waals surface area (Å²) in [6.45, 7) is 0. The van der Waals surface area contributed by atoms with Gasteiger partial charge in [-0.1, -0.05) is 18.2 Å². The number of nitrogens with one attached hydrogen (secondary N) is 1. The molecule has 0 saturated carbocycles. The summed E-state index contributed by atoms with van der Waals surface area (Å²) < 4.78 is 10.4. The van der Waals surface area contributed by atoms with Crippen molar-refractivity contribution >= 4 is 44.9 Å². The summed E-state index contributed by atoms with van der Waals surface area (Å²) in [5, 5.41) is 5.38. The highest BCUT2D eigenvalue weighted by Crippen LogP contribution is 2.33. The standard InChI is InChI=1S/C16H14N2O2S/c1-19-10-7-8-14-12(9-10)15(18-16(21)20-2)11-5-3-4-6-13(11)17-14/h3-9H,1-2H3,(H,17,18,21). The number of nitrogens with zero attached hydrogens (tertiary/aromatic N) is 1. The number of fused-ring (bicyclic) bond motifs is 2. The number of anilines is 1. The van der Waals surface area contributed by atoms with Crippen molar-refractivity contribution in [3.8, 4) is 5.75 Å². The molecule has 0 spiro atoms. The Hall–Kier alpha value is -2.40. The third-order valence-corrected chi connectivity index (χ3v) is 3.57. The molecule has 5 heteroatoms. The van der Waals surface area contributed by atoms with Crippen molar-refractivity contribution in [2.24, 2.45) is 0 Å². The van der Waals surface area contributed by atoms with Crippen LogP contribution in [0.4, 0.5) is 5.69 Å². The predicted molar refractivity (Wildman–Crippen MR) is 89.0 cm³/mol. The van der Waals surface area contributed by atoms with Crippen molar-refractivity contribution in [1.82, 2.24) is 4.98 Å². The molecule has 106 valence electrons. The molecule has 3 rings (SSSR count). The molecule has 0 aliphatic rings. The van der Waals surface area contributed by atoms with Gasteiger partial charge >= 0.3 is 0 Å². The quantitative estimate of drug-likeness (QED) is 0.576. The van der Waals surface area contributed by atoms with Gasteiger partial charge in [-0.25, -0.2) is 4.98 Å². The average molecular weight is 298 g/mol. The Balaban J connectivity index is 2.35. The van der Waals surface area contributed by atoms with Crippen LogP contribution < -0.4 is 10.1 Å². The number of pyridine rings is 1. The Morgan fingerprint density at radius 2 is 1.81 bits per heavy atom. The molecule has 0 saturated heterocycles. The zero-order chi connectivity index (χ0) is 14.8. The molecule has 0 radical (unpaired) electrons. The lowest BCUT2D eigenvalue weighted by Crippen LogP contribution is -2.11. The Morgan fingerprint density at radius 1 is 1.05 bits per heavy atom. The minimum atomic E-state index is 0.315. The average Bonchev–Trinajstić information content (AvgIpc) is 2.54. The molecule has 2 aromatic carbocycles. The highest BCUT2D eigenvalue weighted by atomic mass is 32.1. The van der Waals surface area contributed by atoms with Gasteiger partial charge in [0.05, 0.1) is 30.9 Å². The van der Waals surface area contributed by atoms with E-state index < -0.39 is 0 Å². The Labute approximate surface area is 127 Å². The van der Waals surface area contributed by atoms with E-state index >= 15 is 0 Å². The predicted octanol–water partition coefficient (Wildman–Crippen LogP) is 3.74. The van der Waals surface area contributed by atoms with Gasteiger partial charge in [-0.15, -0.1) is 0 Å². The van der Waals surface area contributed by atoms with Gasteiger partial charge < -0.3 is 14.8 Å². The smallest absolute Gasteiger partial charge is 0.260 e. The van der Waals surface area contributed by atoms with E-state index in [0.717, 1.165) is 33.2 Å². The van der Waals surface area contributed by atoms with Crippen LogP contribution in [-0.2, 0) is 4.74 Å². The molecular weight excluding hydrogens is 284 g/mol. The molecular formula is C16H14N2O2S. The lowest BCUT2D eigenvalue weighted by atomic mass is 10.1. The fourth-order valence-electron chi connectivity index (χ4n) is 2.29. The molecule has 4 nitrogen and oxygen atoms in total. The van der Waals surface area contributed by atoms with Crippen LogP contribution in [0.2, 0.25) is 0 Å². The molecule has 1 heterocycles. The van der Waals surface area contributed by atoms with Crippen LogP contribution >= 0.6 is 12.2 Å². The number of aromatic nitrogens is 1. The molecule has 0 atom stereocenters. The molecule has 1 N–H and O–H groups in total. The second-order valence-corrected chi connectivity index (χ2v) is 4.87. The number of methoxy groups -OCH3 is 2. The summed E-state index contributed by atoms with van der Waals surface area (Å²) in [6.07, 6.45) is 0. The number of rotatable bonds is 2. The van der Waals surface area contributed by atoms with E-state index in [9.17, 15) is 0 Å². The van der Waals surface area contributed by atoms with E-state index in [-0.39, 0.29) is 0 Å². The second kappa shape index (κ2) is 5.54. The van der Waals surface area contributed by atoms with Crippen LogP contribution in [-0.4, -0.2) is 24.4 Å². The minimum absolute atomic E-state index is 0.315. The maximum atomic E-state index is 5.30. The van der Waals surface area contributed by atoms with Crippen molar-refractivity contribution in [3.63, 3.8) is 0 Å². The highest BCUT2D eigenvalue weighted by Gasteiger charge is 2.11. The summed E-state index contributed by atoms with van der Waals surface area (Å²) in [5.74, 6) is 0.769. The van der Waals surface area contributed by atoms with Gasteiger partial charge in [0.15, 0.2) is 0 Å². The molecule has 0 aliphatic carbocycles. The molecule has 3 aromatic rings. The fourth-order valence-corrected chi connectivity index (χ4v) is 2.39. The van der Waals surface area contributed by atoms with Crippen LogP contribution in [0.15, 0.2) is 42.5 Å². The highest BCUT2D eigenvalue weighted by molar-refractivity contribution is 7.80. The Bertz CT molecular complexity index is 833. The van der Waals surface area contributed by atoms with Gasteiger partial charge in [-0.2, -0.15) is 0 Å². The van der Waals surface area contributed by atoms with Crippen LogP contribution in [0.3, 0.4) is 0 Å². The largest absolute Gasteiger partial charge is 0.497 e. The first-order chi connectivity index (χ1) is 10.2. The summed E-state index contributed by atoms with van der Waals surface area (Å²) in [4.78, 5) is 4.67. The van der Waals surface area contributed by atoms with Crippen molar-refractivity contribution in [2.75, 3.05) is 19.5 Å². The number of hydrogen-bond donors (Lipinski definition) is 1. The van der Waals surface area contributed by atoms with Gasteiger partial charge in [-0.3, -0.25) is 0 Å². The SMILES string of the molecule is COC(=S)Nc1c2ccccc2nc2ccc(OC)cc12. The summed E-state index contributed by atoms with van der Waals surface area (Å²) >= 11 is 5.14. The third kappa shape index (κ3) is 2.48. The normalized spacial score (nSPS) is 10.6. The van der Waals surface area contributed by atoms with Crippen LogP contribution in [0.5, 0.6) is 5.75 Å². The first kappa shape index (κ1) is 13.6. The maximum Gasteiger partial charge on any atom is 0.260 e. The van der Waals surface area contributed by atoms with Gasteiger partial charge in [0.25, 0.3) is 5.17 Å². The maximum absolute atomic E-state index is 5.30. The Kier molecular flexibility index (Phi) is 3.58. The van der Waals surface area contributed by atoms with Crippen molar-refractivity contribution < 1.29 is 9.47 Å². The molecule has 21 heavy (non-hydrogen) atoms. The van der Waals surface area contributed by atoms with Gasteiger partial charge in [0.2, 0.25) is 0 Å². The van der Waals surface area contributed by atoms with Crippen molar-refractivity contribution in [3.05, 3.63) is 42.5 Å². The minimum Gasteiger partial charge on any atom is -0.497 e. The van der Waals surface area contributed by atoms with E-state index in [1.807, 2.05) is 42.5 Å². The van der Waals surface area contributed by atoms with E-state index in [1.165, 1.54) is 0 Å². The monoisotopic (exact) mass is 298 g/mol. The summed E-state index contributed by atoms with van der Waals surface area (Å²) in [7, 11) is 3.18. The zero-order valence-corrected chi connectivity index (χ0v) is 12.5. The van der Waals surface area contributed by atoms with Crippen molar-refractivity contribution in [2.45, 2.75) is 0 Å². The fraction of sp³-hybridized carbons (Fsp3) is 0.125. The van der Waals surface area contributed by atoms with Gasteiger partial charge in [0.1, 0.15) is 5.75 Å². The zero-order valence-electron chi connectivity index (χ0n) is 11.7. The number of para-hydroxylation sites is 1. The second-order valence-electron chi connectivity index (χ2n) is 4.50. The van der Waals surface area contributed by atoms with E-state index in [4.69, 9.17) is 21.7 Å². The van der Waals surface area contributed by atoms with Crippen LogP contribution in [0.25, 0.3) is 21.8 Å². The summed E-state index contributed by atoms with van der Waals surface area (Å²) in [6, 6.07) is 13.7. The van der Waals surface area contributed by atoms with E-state index in [0.29, 0.717) is 5.17 Å².